The molecule has 0 unspecified atom stereocenters. The molecule has 0 spiro atoms. The Bertz CT molecular complexity index is 2040. The number of carbonyl (C=O) groups is 4. The molecule has 4 amide bonds. The summed E-state index contributed by atoms with van der Waals surface area (Å²) >= 11 is 2.89. The number of hydrogen-bond donors (Lipinski definition) is 0. The minimum atomic E-state index is -0.495. The highest BCUT2D eigenvalue weighted by Crippen LogP contribution is 2.48. The lowest BCUT2D eigenvalue weighted by Gasteiger charge is -2.34. The van der Waals surface area contributed by atoms with Gasteiger partial charge in [-0.15, -0.1) is 22.7 Å². The lowest BCUT2D eigenvalue weighted by atomic mass is 9.80. The van der Waals surface area contributed by atoms with Crippen LogP contribution >= 0.6 is 22.7 Å². The Morgan fingerprint density at radius 3 is 1.20 bits per heavy atom. The lowest BCUT2D eigenvalue weighted by Crippen LogP contribution is -2.44. The molecule has 4 aromatic carbocycles. The first-order valence-electron chi connectivity index (χ1n) is 14.0. The average molecular weight is 611 g/mol. The molecule has 0 saturated carbocycles. The molecule has 2 aliphatic rings. The molecule has 0 radical (unpaired) electrons. The quantitative estimate of drug-likeness (QED) is 0.188. The van der Waals surface area contributed by atoms with Gasteiger partial charge in [0.25, 0.3) is 23.6 Å². The van der Waals surface area contributed by atoms with E-state index in [9.17, 15) is 19.2 Å². The largest absolute Gasteiger partial charge is 0.268 e. The number of aryl methyl sites for hydroxylation is 2. The molecule has 8 heteroatoms. The van der Waals surface area contributed by atoms with Crippen LogP contribution in [0.25, 0.3) is 31.7 Å². The maximum absolute atomic E-state index is 14.5. The summed E-state index contributed by atoms with van der Waals surface area (Å²) in [5.74, 6) is -1.97. The van der Waals surface area contributed by atoms with E-state index in [1.807, 2.05) is 73.1 Å². The Kier molecular flexibility index (Phi) is 5.81. The Hall–Kier alpha value is -5.18. The molecule has 4 heterocycles. The van der Waals surface area contributed by atoms with Crippen molar-refractivity contribution in [2.24, 2.45) is 0 Å². The third kappa shape index (κ3) is 3.71. The fourth-order valence-corrected chi connectivity index (χ4v) is 7.67. The summed E-state index contributed by atoms with van der Waals surface area (Å²) < 4.78 is 0. The summed E-state index contributed by atoms with van der Waals surface area (Å²) in [5.41, 5.74) is 5.21. The molecule has 0 aliphatic carbocycles. The van der Waals surface area contributed by atoms with Gasteiger partial charge < -0.3 is 0 Å². The SMILES string of the molecule is Cc1ccc(N2C(=O)c3cc(-c4cccs4)c4c5c(cc(-c6cccs6)c(c35)C2=O)C(=O)N(c2ccc(C)cc2)C4=O)cc1. The molecule has 2 aliphatic heterocycles. The van der Waals surface area contributed by atoms with Gasteiger partial charge in [0.1, 0.15) is 0 Å². The van der Waals surface area contributed by atoms with Gasteiger partial charge >= 0.3 is 0 Å². The van der Waals surface area contributed by atoms with Crippen LogP contribution in [0.3, 0.4) is 0 Å². The third-order valence-electron chi connectivity index (χ3n) is 8.26. The van der Waals surface area contributed by atoms with Gasteiger partial charge in [0, 0.05) is 42.8 Å². The van der Waals surface area contributed by atoms with Crippen molar-refractivity contribution in [3.8, 4) is 20.9 Å². The normalized spacial score (nSPS) is 14.2. The molecule has 2 aromatic heterocycles. The van der Waals surface area contributed by atoms with Gasteiger partial charge in [-0.1, -0.05) is 47.5 Å². The van der Waals surface area contributed by atoms with Crippen molar-refractivity contribution in [1.29, 1.82) is 0 Å². The molecule has 0 N–H and O–H groups in total. The van der Waals surface area contributed by atoms with E-state index in [1.54, 1.807) is 36.4 Å². The number of hydrogen-bond acceptors (Lipinski definition) is 6. The summed E-state index contributed by atoms with van der Waals surface area (Å²) in [5, 5.41) is 4.52. The standard InChI is InChI=1S/C36H22N2O4S2/c1-19-7-11-21(12-8-19)37-33(39)25-17-24(28-6-4-16-44-28)32-30-26(34(40)38(36(32)42)22-13-9-20(2)10-14-22)18-23(27-5-3-15-43-27)31(29(25)30)35(37)41/h3-18H,1-2H3. The Labute approximate surface area is 260 Å². The number of rotatable bonds is 4. The molecule has 0 fully saturated rings. The molecule has 0 saturated heterocycles. The number of thiophene rings is 2. The second kappa shape index (κ2) is 9.67. The van der Waals surface area contributed by atoms with E-state index in [0.717, 1.165) is 20.9 Å². The minimum absolute atomic E-state index is 0.284. The predicted molar refractivity (Wildman–Crippen MR) is 175 cm³/mol. The van der Waals surface area contributed by atoms with Crippen LogP contribution in [0, 0.1) is 13.8 Å². The fraction of sp³-hybridized carbons (Fsp3) is 0.0556. The zero-order valence-corrected chi connectivity index (χ0v) is 25.2. The number of carbonyl (C=O) groups excluding carboxylic acids is 4. The second-order valence-electron chi connectivity index (χ2n) is 11.0. The molecular formula is C36H22N2O4S2. The van der Waals surface area contributed by atoms with Crippen LogP contribution in [0.1, 0.15) is 52.6 Å². The maximum atomic E-state index is 14.5. The van der Waals surface area contributed by atoms with E-state index in [1.165, 1.54) is 32.5 Å². The summed E-state index contributed by atoms with van der Waals surface area (Å²) in [4.78, 5) is 61.6. The lowest BCUT2D eigenvalue weighted by molar-refractivity contribution is 0.0873. The van der Waals surface area contributed by atoms with E-state index >= 15 is 0 Å². The first-order valence-corrected chi connectivity index (χ1v) is 15.8. The number of benzene rings is 4. The topological polar surface area (TPSA) is 74.8 Å². The highest BCUT2D eigenvalue weighted by atomic mass is 32.1. The van der Waals surface area contributed by atoms with Crippen molar-refractivity contribution >= 4 is 68.4 Å². The molecule has 6 aromatic rings. The van der Waals surface area contributed by atoms with Gasteiger partial charge in [0.2, 0.25) is 0 Å². The van der Waals surface area contributed by atoms with Crippen molar-refractivity contribution in [2.75, 3.05) is 9.80 Å². The highest BCUT2D eigenvalue weighted by Gasteiger charge is 2.44. The van der Waals surface area contributed by atoms with E-state index < -0.39 is 23.6 Å². The average Bonchev–Trinajstić information content (AvgIpc) is 3.76. The van der Waals surface area contributed by atoms with E-state index in [-0.39, 0.29) is 11.1 Å². The van der Waals surface area contributed by atoms with Crippen molar-refractivity contribution in [3.63, 3.8) is 0 Å². The number of anilines is 2. The van der Waals surface area contributed by atoms with Crippen molar-refractivity contribution in [3.05, 3.63) is 129 Å². The first-order chi connectivity index (χ1) is 21.3. The maximum Gasteiger partial charge on any atom is 0.266 e. The van der Waals surface area contributed by atoms with Gasteiger partial charge in [-0.2, -0.15) is 0 Å². The van der Waals surface area contributed by atoms with Crippen LogP contribution in [-0.2, 0) is 0 Å². The van der Waals surface area contributed by atoms with E-state index in [0.29, 0.717) is 44.4 Å². The highest BCUT2D eigenvalue weighted by molar-refractivity contribution is 7.14. The molecule has 212 valence electrons. The smallest absolute Gasteiger partial charge is 0.266 e. The van der Waals surface area contributed by atoms with Gasteiger partial charge in [0.15, 0.2) is 0 Å². The monoisotopic (exact) mass is 610 g/mol. The van der Waals surface area contributed by atoms with E-state index in [2.05, 4.69) is 0 Å². The third-order valence-corrected chi connectivity index (χ3v) is 10.1. The van der Waals surface area contributed by atoms with Gasteiger partial charge in [-0.3, -0.25) is 19.2 Å². The molecule has 0 bridgehead atoms. The summed E-state index contributed by atoms with van der Waals surface area (Å²) in [6.07, 6.45) is 0. The van der Waals surface area contributed by atoms with Gasteiger partial charge in [-0.05, 0) is 73.1 Å². The fourth-order valence-electron chi connectivity index (χ4n) is 6.17. The summed E-state index contributed by atoms with van der Waals surface area (Å²) in [6, 6.07) is 25.5. The van der Waals surface area contributed by atoms with Crippen LogP contribution in [0.5, 0.6) is 0 Å². The minimum Gasteiger partial charge on any atom is -0.268 e. The van der Waals surface area contributed by atoms with Crippen molar-refractivity contribution in [2.45, 2.75) is 13.8 Å². The van der Waals surface area contributed by atoms with E-state index in [4.69, 9.17) is 0 Å². The number of imide groups is 2. The summed E-state index contributed by atoms with van der Waals surface area (Å²) in [7, 11) is 0. The Morgan fingerprint density at radius 2 is 0.864 bits per heavy atom. The zero-order valence-electron chi connectivity index (χ0n) is 23.6. The molecule has 8 rings (SSSR count). The second-order valence-corrected chi connectivity index (χ2v) is 12.9. The Morgan fingerprint density at radius 1 is 0.477 bits per heavy atom. The Balaban J connectivity index is 1.51. The van der Waals surface area contributed by atoms with Crippen molar-refractivity contribution < 1.29 is 19.2 Å². The van der Waals surface area contributed by atoms with Crippen molar-refractivity contribution in [1.82, 2.24) is 0 Å². The molecule has 44 heavy (non-hydrogen) atoms. The van der Waals surface area contributed by atoms with Crippen LogP contribution < -0.4 is 9.80 Å². The predicted octanol–water partition coefficient (Wildman–Crippen LogP) is 8.51. The summed E-state index contributed by atoms with van der Waals surface area (Å²) in [6.45, 7) is 3.88. The molecule has 6 nitrogen and oxygen atoms in total. The molecule has 0 atom stereocenters. The number of amides is 4. The first kappa shape index (κ1) is 26.4. The molecular weight excluding hydrogens is 589 g/mol. The van der Waals surface area contributed by atoms with Crippen LogP contribution in [0.2, 0.25) is 0 Å². The zero-order chi connectivity index (χ0) is 30.3. The van der Waals surface area contributed by atoms with Gasteiger partial charge in [-0.25, -0.2) is 9.80 Å². The van der Waals surface area contributed by atoms with Crippen LogP contribution in [0.15, 0.2) is 95.7 Å². The van der Waals surface area contributed by atoms with Crippen LogP contribution in [-0.4, -0.2) is 23.6 Å². The number of nitrogens with zero attached hydrogens (tertiary/aromatic N) is 2. The van der Waals surface area contributed by atoms with Gasteiger partial charge in [0.05, 0.1) is 22.5 Å². The van der Waals surface area contributed by atoms with Crippen LogP contribution in [0.4, 0.5) is 11.4 Å².